The Hall–Kier alpha value is -2.24. The van der Waals surface area contributed by atoms with Crippen LogP contribution in [0.3, 0.4) is 0 Å². The monoisotopic (exact) mass is 319 g/mol. The molecule has 0 bridgehead atoms. The molecule has 21 heavy (non-hydrogen) atoms. The topological polar surface area (TPSA) is 73.6 Å². The predicted octanol–water partition coefficient (Wildman–Crippen LogP) is 4.25. The first-order valence-electron chi connectivity index (χ1n) is 6.01. The largest absolute Gasteiger partial charge is 0.504 e. The number of phenols is 3. The van der Waals surface area contributed by atoms with Gasteiger partial charge >= 0.3 is 0 Å². The molecule has 0 saturated carbocycles. The summed E-state index contributed by atoms with van der Waals surface area (Å²) >= 11 is 7.29. The van der Waals surface area contributed by atoms with Crippen molar-refractivity contribution < 1.29 is 15.3 Å². The maximum Gasteiger partial charge on any atom is 0.200 e. The average Bonchev–Trinajstić information content (AvgIpc) is 2.95. The van der Waals surface area contributed by atoms with Crippen molar-refractivity contribution in [2.45, 2.75) is 0 Å². The lowest BCUT2D eigenvalue weighted by Gasteiger charge is -2.03. The molecule has 4 nitrogen and oxygen atoms in total. The first-order chi connectivity index (χ1) is 10.0. The lowest BCUT2D eigenvalue weighted by molar-refractivity contribution is 0.368. The van der Waals surface area contributed by atoms with Gasteiger partial charge < -0.3 is 15.3 Å². The van der Waals surface area contributed by atoms with E-state index in [2.05, 4.69) is 4.98 Å². The predicted molar refractivity (Wildman–Crippen MR) is 83.0 cm³/mol. The van der Waals surface area contributed by atoms with Crippen molar-refractivity contribution >= 4 is 22.9 Å². The fraction of sp³-hybridized carbons (Fsp3) is 0. The van der Waals surface area contributed by atoms with Crippen molar-refractivity contribution in [2.75, 3.05) is 0 Å². The molecule has 0 aliphatic rings. The van der Waals surface area contributed by atoms with Gasteiger partial charge in [0.15, 0.2) is 17.2 Å². The van der Waals surface area contributed by atoms with E-state index in [1.165, 1.54) is 23.5 Å². The van der Waals surface area contributed by atoms with Gasteiger partial charge in [0.25, 0.3) is 0 Å². The van der Waals surface area contributed by atoms with E-state index in [9.17, 15) is 15.3 Å². The molecule has 1 heterocycles. The van der Waals surface area contributed by atoms with Gasteiger partial charge in [0.1, 0.15) is 5.01 Å². The number of hydrogen-bond acceptors (Lipinski definition) is 5. The fourth-order valence-corrected chi connectivity index (χ4v) is 2.84. The number of aromatic nitrogens is 1. The number of nitrogens with zero attached hydrogens (tertiary/aromatic N) is 1. The van der Waals surface area contributed by atoms with Gasteiger partial charge in [-0.2, -0.15) is 0 Å². The highest BCUT2D eigenvalue weighted by atomic mass is 35.5. The van der Waals surface area contributed by atoms with Crippen LogP contribution in [0.5, 0.6) is 17.2 Å². The van der Waals surface area contributed by atoms with E-state index in [4.69, 9.17) is 11.6 Å². The summed E-state index contributed by atoms with van der Waals surface area (Å²) in [5.74, 6) is -1.30. The Balaban J connectivity index is 2.00. The summed E-state index contributed by atoms with van der Waals surface area (Å²) in [6.45, 7) is 0. The number of thiazole rings is 1. The molecule has 106 valence electrons. The Labute approximate surface area is 129 Å². The lowest BCUT2D eigenvalue weighted by Crippen LogP contribution is -1.81. The molecule has 6 heteroatoms. The van der Waals surface area contributed by atoms with Crippen molar-refractivity contribution in [3.63, 3.8) is 0 Å². The van der Waals surface area contributed by atoms with E-state index in [0.717, 1.165) is 10.6 Å². The van der Waals surface area contributed by atoms with Crippen LogP contribution in [0.15, 0.2) is 41.8 Å². The highest BCUT2D eigenvalue weighted by molar-refractivity contribution is 7.13. The third-order valence-electron chi connectivity index (χ3n) is 2.96. The standard InChI is InChI=1S/C15H10ClNO3S/c16-10-3-1-8(2-4-10)15-17-11(7-21-15)9-5-12(18)14(20)13(19)6-9/h1-7,18-20H. The van der Waals surface area contributed by atoms with Gasteiger partial charge in [0.05, 0.1) is 5.69 Å². The zero-order valence-corrected chi connectivity index (χ0v) is 12.2. The SMILES string of the molecule is Oc1cc(-c2csc(-c3ccc(Cl)cc3)n2)cc(O)c1O. The average molecular weight is 320 g/mol. The van der Waals surface area contributed by atoms with Crippen LogP contribution >= 0.6 is 22.9 Å². The first kappa shape index (κ1) is 13.7. The normalized spacial score (nSPS) is 10.7. The summed E-state index contributed by atoms with van der Waals surface area (Å²) in [6, 6.07) is 10.0. The molecule has 0 spiro atoms. The summed E-state index contributed by atoms with van der Waals surface area (Å²) < 4.78 is 0. The minimum absolute atomic E-state index is 0.383. The van der Waals surface area contributed by atoms with Crippen molar-refractivity contribution in [1.82, 2.24) is 4.98 Å². The third kappa shape index (κ3) is 2.66. The minimum atomic E-state index is -0.535. The van der Waals surface area contributed by atoms with Crippen molar-refractivity contribution in [2.24, 2.45) is 0 Å². The zero-order chi connectivity index (χ0) is 15.0. The van der Waals surface area contributed by atoms with Crippen LogP contribution in [0.25, 0.3) is 21.8 Å². The van der Waals surface area contributed by atoms with Gasteiger partial charge in [-0.25, -0.2) is 4.98 Å². The molecule has 0 fully saturated rings. The number of aromatic hydroxyl groups is 3. The van der Waals surface area contributed by atoms with Gasteiger partial charge in [0, 0.05) is 21.5 Å². The third-order valence-corrected chi connectivity index (χ3v) is 4.10. The molecule has 2 aromatic carbocycles. The fourth-order valence-electron chi connectivity index (χ4n) is 1.88. The Morgan fingerprint density at radius 3 is 2.14 bits per heavy atom. The van der Waals surface area contributed by atoms with E-state index in [-0.39, 0.29) is 11.5 Å². The molecule has 3 N–H and O–H groups in total. The van der Waals surface area contributed by atoms with Gasteiger partial charge in [-0.05, 0) is 24.3 Å². The summed E-state index contributed by atoms with van der Waals surface area (Å²) in [5.41, 5.74) is 2.07. The Kier molecular flexibility index (Phi) is 3.45. The van der Waals surface area contributed by atoms with Crippen molar-refractivity contribution in [3.8, 4) is 39.1 Å². The number of benzene rings is 2. The van der Waals surface area contributed by atoms with Gasteiger partial charge in [-0.1, -0.05) is 23.7 Å². The second-order valence-corrected chi connectivity index (χ2v) is 5.70. The summed E-state index contributed by atoms with van der Waals surface area (Å²) in [6.07, 6.45) is 0. The summed E-state index contributed by atoms with van der Waals surface area (Å²) in [5, 5.41) is 31.7. The van der Waals surface area contributed by atoms with Crippen LogP contribution in [-0.4, -0.2) is 20.3 Å². The molecule has 0 aliphatic carbocycles. The molecule has 0 saturated heterocycles. The molecule has 0 unspecified atom stereocenters. The van der Waals surface area contributed by atoms with Crippen LogP contribution in [-0.2, 0) is 0 Å². The number of rotatable bonds is 2. The molecule has 1 aromatic heterocycles. The highest BCUT2D eigenvalue weighted by Gasteiger charge is 2.12. The second-order valence-electron chi connectivity index (χ2n) is 4.41. The number of halogens is 1. The minimum Gasteiger partial charge on any atom is -0.504 e. The molecular formula is C15H10ClNO3S. The maximum absolute atomic E-state index is 9.55. The number of phenolic OH excluding ortho intramolecular Hbond substituents is 3. The smallest absolute Gasteiger partial charge is 0.200 e. The first-order valence-corrected chi connectivity index (χ1v) is 7.27. The Morgan fingerprint density at radius 1 is 0.905 bits per heavy atom. The Morgan fingerprint density at radius 2 is 1.52 bits per heavy atom. The van der Waals surface area contributed by atoms with Crippen molar-refractivity contribution in [3.05, 3.63) is 46.8 Å². The van der Waals surface area contributed by atoms with E-state index in [1.54, 1.807) is 12.1 Å². The quantitative estimate of drug-likeness (QED) is 0.617. The van der Waals surface area contributed by atoms with Crippen LogP contribution < -0.4 is 0 Å². The Bertz CT molecular complexity index is 776. The molecular weight excluding hydrogens is 310 g/mol. The lowest BCUT2D eigenvalue weighted by atomic mass is 10.1. The van der Waals surface area contributed by atoms with E-state index in [1.807, 2.05) is 17.5 Å². The van der Waals surface area contributed by atoms with E-state index < -0.39 is 5.75 Å². The van der Waals surface area contributed by atoms with Gasteiger partial charge in [-0.15, -0.1) is 11.3 Å². The number of hydrogen-bond donors (Lipinski definition) is 3. The zero-order valence-electron chi connectivity index (χ0n) is 10.6. The van der Waals surface area contributed by atoms with Crippen LogP contribution in [0.4, 0.5) is 0 Å². The molecule has 0 aliphatic heterocycles. The molecule has 3 rings (SSSR count). The van der Waals surface area contributed by atoms with Gasteiger partial charge in [-0.3, -0.25) is 0 Å². The molecule has 0 atom stereocenters. The van der Waals surface area contributed by atoms with Crippen LogP contribution in [0, 0.1) is 0 Å². The summed E-state index contributed by atoms with van der Waals surface area (Å²) in [7, 11) is 0. The molecule has 0 radical (unpaired) electrons. The highest BCUT2D eigenvalue weighted by Crippen LogP contribution is 2.39. The second kappa shape index (κ2) is 5.27. The maximum atomic E-state index is 9.55. The van der Waals surface area contributed by atoms with Crippen LogP contribution in [0.2, 0.25) is 5.02 Å². The van der Waals surface area contributed by atoms with E-state index in [0.29, 0.717) is 16.3 Å². The van der Waals surface area contributed by atoms with Crippen LogP contribution in [0.1, 0.15) is 0 Å². The van der Waals surface area contributed by atoms with Gasteiger partial charge in [0.2, 0.25) is 0 Å². The summed E-state index contributed by atoms with van der Waals surface area (Å²) in [4.78, 5) is 4.46. The van der Waals surface area contributed by atoms with E-state index >= 15 is 0 Å². The molecule has 0 amide bonds. The molecule has 3 aromatic rings. The van der Waals surface area contributed by atoms with Crippen molar-refractivity contribution in [1.29, 1.82) is 0 Å².